The molecule has 2 N–H and O–H groups in total. The third-order valence-electron chi connectivity index (χ3n) is 4.52. The van der Waals surface area contributed by atoms with Crippen molar-refractivity contribution in [2.45, 2.75) is 51.4 Å². The summed E-state index contributed by atoms with van der Waals surface area (Å²) in [7, 11) is 1.36. The number of esters is 1. The van der Waals surface area contributed by atoms with Gasteiger partial charge in [-0.05, 0) is 31.5 Å². The summed E-state index contributed by atoms with van der Waals surface area (Å²) >= 11 is 6.29. The lowest BCUT2D eigenvalue weighted by Crippen LogP contribution is -2.51. The lowest BCUT2D eigenvalue weighted by Gasteiger charge is -2.21. The number of amides is 1. The highest BCUT2D eigenvalue weighted by molar-refractivity contribution is 6.35. The summed E-state index contributed by atoms with van der Waals surface area (Å²) in [5.74, 6) is -2.07. The average Bonchev–Trinajstić information content (AvgIpc) is 3.13. The number of aromatic amines is 1. The van der Waals surface area contributed by atoms with Crippen LogP contribution in [-0.4, -0.2) is 59.0 Å². The maximum absolute atomic E-state index is 12.9. The first kappa shape index (κ1) is 24.3. The Labute approximate surface area is 184 Å². The number of methoxy groups -OCH3 is 1. The molecule has 9 nitrogen and oxygen atoms in total. The maximum atomic E-state index is 12.9. The fourth-order valence-electron chi connectivity index (χ4n) is 3.07. The smallest absolute Gasteiger partial charge is 0.336 e. The Morgan fingerprint density at radius 1 is 1.32 bits per heavy atom. The van der Waals surface area contributed by atoms with Gasteiger partial charge in [0.05, 0.1) is 11.1 Å². The number of nitrogens with one attached hydrogen (secondary N) is 2. The normalized spacial score (nSPS) is 12.8. The first-order valence-electron chi connectivity index (χ1n) is 9.75. The average molecular weight is 449 g/mol. The molecule has 0 aliphatic heterocycles. The number of aromatic nitrogens is 1. The number of ketones is 1. The highest BCUT2D eigenvalue weighted by Crippen LogP contribution is 2.27. The number of hydrogen-bond donors (Lipinski definition) is 2. The molecule has 2 aromatic rings. The van der Waals surface area contributed by atoms with Gasteiger partial charge in [-0.1, -0.05) is 17.7 Å². The predicted molar refractivity (Wildman–Crippen MR) is 115 cm³/mol. The topological polar surface area (TPSA) is 134 Å². The molecule has 0 radical (unpaired) electrons. The lowest BCUT2D eigenvalue weighted by molar-refractivity contribution is -0.155. The summed E-state index contributed by atoms with van der Waals surface area (Å²) < 4.78 is 10.4. The van der Waals surface area contributed by atoms with Gasteiger partial charge in [-0.2, -0.15) is 4.79 Å². The third-order valence-corrected chi connectivity index (χ3v) is 4.83. The molecule has 0 saturated heterocycles. The van der Waals surface area contributed by atoms with E-state index in [1.54, 1.807) is 26.1 Å². The van der Waals surface area contributed by atoms with Crippen LogP contribution in [0.15, 0.2) is 24.4 Å². The molecular weight excluding hydrogens is 424 g/mol. The molecule has 0 aliphatic carbocycles. The van der Waals surface area contributed by atoms with Crippen molar-refractivity contribution in [2.75, 3.05) is 7.11 Å². The largest absolute Gasteiger partial charge is 0.461 e. The van der Waals surface area contributed by atoms with Crippen LogP contribution in [0.25, 0.3) is 16.4 Å². The van der Waals surface area contributed by atoms with E-state index >= 15 is 0 Å². The van der Waals surface area contributed by atoms with Crippen LogP contribution in [0, 0.1) is 0 Å². The minimum absolute atomic E-state index is 0.109. The number of Topliss-reactive ketones (excluding diaryl/α,β-unsaturated/α-hetero) is 1. The third kappa shape index (κ3) is 6.49. The van der Waals surface area contributed by atoms with E-state index in [9.17, 15) is 14.4 Å². The molecular formula is C21H25ClN4O5. The lowest BCUT2D eigenvalue weighted by atomic mass is 10.0. The van der Waals surface area contributed by atoms with Crippen molar-refractivity contribution in [1.29, 1.82) is 0 Å². The second kappa shape index (κ2) is 11.4. The highest BCUT2D eigenvalue weighted by atomic mass is 35.5. The standard InChI is InChI=1S/C21H25ClN4O5/c1-12(2)31-21(29)19(16(27)8-5-9-25-23)26-20(28)17(30-3)10-13-11-24-15-7-4-6-14(22)18(13)15/h4,6-7,9,11-12,17,19,24H,5,8,10H2,1-3H3,(H,26,28)/t17-,19-/m0/s1. The molecule has 1 amide bonds. The van der Waals surface area contributed by atoms with Crippen molar-refractivity contribution in [1.82, 2.24) is 10.3 Å². The van der Waals surface area contributed by atoms with Crippen molar-refractivity contribution in [3.8, 4) is 0 Å². The molecule has 1 aromatic carbocycles. The molecule has 31 heavy (non-hydrogen) atoms. The molecule has 0 fully saturated rings. The van der Waals surface area contributed by atoms with Crippen molar-refractivity contribution < 1.29 is 28.6 Å². The van der Waals surface area contributed by atoms with Gasteiger partial charge < -0.3 is 25.3 Å². The molecule has 166 valence electrons. The quantitative estimate of drug-likeness (QED) is 0.179. The van der Waals surface area contributed by atoms with E-state index in [2.05, 4.69) is 15.1 Å². The first-order chi connectivity index (χ1) is 14.8. The van der Waals surface area contributed by atoms with Crippen LogP contribution in [0.3, 0.4) is 0 Å². The zero-order valence-electron chi connectivity index (χ0n) is 17.6. The van der Waals surface area contributed by atoms with Gasteiger partial charge in [-0.25, -0.2) is 4.79 Å². The van der Waals surface area contributed by atoms with Gasteiger partial charge in [-0.3, -0.25) is 9.59 Å². The van der Waals surface area contributed by atoms with Crippen molar-refractivity contribution in [2.24, 2.45) is 0 Å². The van der Waals surface area contributed by atoms with E-state index in [0.29, 0.717) is 5.02 Å². The Hall–Kier alpha value is -3.00. The van der Waals surface area contributed by atoms with Crippen LogP contribution in [-0.2, 0) is 30.3 Å². The van der Waals surface area contributed by atoms with E-state index in [1.807, 2.05) is 12.1 Å². The van der Waals surface area contributed by atoms with Crippen molar-refractivity contribution in [3.63, 3.8) is 0 Å². The van der Waals surface area contributed by atoms with Gasteiger partial charge in [0.1, 0.15) is 6.10 Å². The Balaban J connectivity index is 2.19. The summed E-state index contributed by atoms with van der Waals surface area (Å²) in [4.78, 5) is 43.7. The molecule has 1 heterocycles. The van der Waals surface area contributed by atoms with Crippen LogP contribution in [0.1, 0.15) is 32.3 Å². The molecule has 1 aromatic heterocycles. The fourth-order valence-corrected chi connectivity index (χ4v) is 3.36. The number of carbonyl (C=O) groups excluding carboxylic acids is 3. The van der Waals surface area contributed by atoms with E-state index in [-0.39, 0.29) is 19.3 Å². The van der Waals surface area contributed by atoms with Gasteiger partial charge in [0, 0.05) is 43.5 Å². The summed E-state index contributed by atoms with van der Waals surface area (Å²) in [6, 6.07) is 3.92. The van der Waals surface area contributed by atoms with E-state index < -0.39 is 35.9 Å². The van der Waals surface area contributed by atoms with Gasteiger partial charge in [0.2, 0.25) is 5.91 Å². The number of hydrogen-bond acceptors (Lipinski definition) is 5. The number of fused-ring (bicyclic) bond motifs is 1. The molecule has 0 unspecified atom stereocenters. The van der Waals surface area contributed by atoms with Crippen LogP contribution in [0.5, 0.6) is 0 Å². The second-order valence-electron chi connectivity index (χ2n) is 7.14. The number of halogens is 1. The van der Waals surface area contributed by atoms with E-state index in [0.717, 1.165) is 22.7 Å². The van der Waals surface area contributed by atoms with E-state index in [4.69, 9.17) is 26.6 Å². The summed E-state index contributed by atoms with van der Waals surface area (Å²) in [6.45, 7) is 3.27. The number of rotatable bonds is 11. The van der Waals surface area contributed by atoms with Crippen molar-refractivity contribution >= 4 is 46.4 Å². The van der Waals surface area contributed by atoms with Crippen LogP contribution in [0.2, 0.25) is 5.02 Å². The minimum atomic E-state index is -1.49. The van der Waals surface area contributed by atoms with Crippen LogP contribution < -0.4 is 5.32 Å². The van der Waals surface area contributed by atoms with Gasteiger partial charge in [-0.15, -0.1) is 0 Å². The molecule has 0 aliphatic rings. The zero-order chi connectivity index (χ0) is 23.0. The molecule has 0 bridgehead atoms. The molecule has 2 atom stereocenters. The molecule has 2 rings (SSSR count). The highest BCUT2D eigenvalue weighted by Gasteiger charge is 2.33. The maximum Gasteiger partial charge on any atom is 0.336 e. The summed E-state index contributed by atoms with van der Waals surface area (Å²) in [6.07, 6.45) is 1.59. The zero-order valence-corrected chi connectivity index (χ0v) is 18.3. The summed E-state index contributed by atoms with van der Waals surface area (Å²) in [5.41, 5.74) is 10.1. The van der Waals surface area contributed by atoms with E-state index in [1.165, 1.54) is 7.11 Å². The summed E-state index contributed by atoms with van der Waals surface area (Å²) in [5, 5.41) is 3.74. The predicted octanol–water partition coefficient (Wildman–Crippen LogP) is 2.47. The van der Waals surface area contributed by atoms with Crippen LogP contribution in [0.4, 0.5) is 0 Å². The monoisotopic (exact) mass is 448 g/mol. The number of H-pyrrole nitrogens is 1. The van der Waals surface area contributed by atoms with Gasteiger partial charge in [0.15, 0.2) is 11.8 Å². The number of benzene rings is 1. The molecule has 0 spiro atoms. The molecule has 0 saturated carbocycles. The number of nitrogens with zero attached hydrogens (tertiary/aromatic N) is 2. The Kier molecular flexibility index (Phi) is 8.93. The number of carbonyl (C=O) groups is 3. The Morgan fingerprint density at radius 2 is 2.06 bits per heavy atom. The SMILES string of the molecule is CO[C@@H](Cc1c[nH]c2cccc(Cl)c12)C(=O)N[C@@H](C(=O)CCC=[N+]=[N-])C(=O)OC(C)C. The fraction of sp³-hybridized carbons (Fsp3) is 0.429. The Bertz CT molecular complexity index is 997. The second-order valence-corrected chi connectivity index (χ2v) is 7.54. The molecule has 10 heteroatoms. The van der Waals surface area contributed by atoms with Crippen molar-refractivity contribution in [3.05, 3.63) is 40.5 Å². The Morgan fingerprint density at radius 3 is 2.71 bits per heavy atom. The van der Waals surface area contributed by atoms with Gasteiger partial charge in [0.25, 0.3) is 6.21 Å². The van der Waals surface area contributed by atoms with Gasteiger partial charge >= 0.3 is 5.97 Å². The van der Waals surface area contributed by atoms with Crippen LogP contribution >= 0.6 is 11.6 Å². The number of ether oxygens (including phenoxy) is 2. The minimum Gasteiger partial charge on any atom is -0.461 e. The first-order valence-corrected chi connectivity index (χ1v) is 10.1.